The van der Waals surface area contributed by atoms with Gasteiger partial charge in [0, 0.05) is 11.2 Å². The van der Waals surface area contributed by atoms with Gasteiger partial charge in [-0.25, -0.2) is 0 Å². The summed E-state index contributed by atoms with van der Waals surface area (Å²) in [7, 11) is 0. The molecule has 34 heavy (non-hydrogen) atoms. The average Bonchev–Trinajstić information content (AvgIpc) is 3.45. The van der Waals surface area contributed by atoms with Gasteiger partial charge in [-0.1, -0.05) is 55.3 Å². The molecule has 4 aromatic rings. The van der Waals surface area contributed by atoms with Crippen LogP contribution in [-0.4, -0.2) is 15.7 Å². The predicted molar refractivity (Wildman–Crippen MR) is 134 cm³/mol. The minimum Gasteiger partial charge on any atom is -0.485 e. The molecule has 2 heterocycles. The van der Waals surface area contributed by atoms with Crippen LogP contribution in [0.2, 0.25) is 5.02 Å². The summed E-state index contributed by atoms with van der Waals surface area (Å²) < 4.78 is 13.5. The summed E-state index contributed by atoms with van der Waals surface area (Å²) in [6.45, 7) is 9.01. The lowest BCUT2D eigenvalue weighted by molar-refractivity contribution is 0.0992. The number of nitrogens with one attached hydrogen (secondary N) is 1. The lowest BCUT2D eigenvalue weighted by Crippen LogP contribution is -2.10. The minimum atomic E-state index is -0.341. The number of hydrogen-bond donors (Lipinski definition) is 1. The van der Waals surface area contributed by atoms with Crippen LogP contribution in [0.3, 0.4) is 0 Å². The molecule has 0 saturated heterocycles. The second-order valence-electron chi connectivity index (χ2n) is 8.71. The van der Waals surface area contributed by atoms with Crippen LogP contribution in [0.4, 0.5) is 5.69 Å². The lowest BCUT2D eigenvalue weighted by atomic mass is 10.0. The number of benzene rings is 2. The number of aromatic nitrogens is 2. The van der Waals surface area contributed by atoms with Crippen molar-refractivity contribution < 1.29 is 13.9 Å². The van der Waals surface area contributed by atoms with Gasteiger partial charge < -0.3 is 14.5 Å². The Kier molecular flexibility index (Phi) is 7.08. The number of nitrogens with zero attached hydrogens (tertiary/aromatic N) is 2. The number of hydrogen-bond acceptors (Lipinski definition) is 4. The largest absolute Gasteiger partial charge is 0.485 e. The Labute approximate surface area is 204 Å². The highest BCUT2D eigenvalue weighted by Gasteiger charge is 2.15. The van der Waals surface area contributed by atoms with E-state index in [4.69, 9.17) is 20.8 Å². The first-order valence-corrected chi connectivity index (χ1v) is 11.6. The second-order valence-corrected chi connectivity index (χ2v) is 9.12. The third-order valence-electron chi connectivity index (χ3n) is 5.52. The number of aryl methyl sites for hydroxylation is 2. The van der Waals surface area contributed by atoms with Gasteiger partial charge >= 0.3 is 0 Å². The molecule has 0 radical (unpaired) electrons. The van der Waals surface area contributed by atoms with Gasteiger partial charge in [-0.3, -0.25) is 9.48 Å². The molecule has 0 saturated carbocycles. The molecule has 7 heteroatoms. The first-order valence-electron chi connectivity index (χ1n) is 11.2. The van der Waals surface area contributed by atoms with Crippen molar-refractivity contribution >= 4 is 23.2 Å². The molecule has 1 N–H and O–H groups in total. The Hall–Kier alpha value is -3.51. The molecule has 0 unspecified atom stereocenters. The predicted octanol–water partition coefficient (Wildman–Crippen LogP) is 6.75. The van der Waals surface area contributed by atoms with Gasteiger partial charge in [-0.2, -0.15) is 5.10 Å². The number of carbonyl (C=O) groups is 1. The van der Waals surface area contributed by atoms with E-state index in [1.54, 1.807) is 29.2 Å². The van der Waals surface area contributed by atoms with Crippen LogP contribution < -0.4 is 10.1 Å². The Morgan fingerprint density at radius 2 is 1.91 bits per heavy atom. The molecule has 0 fully saturated rings. The number of ether oxygens (including phenoxy) is 1. The fraction of sp³-hybridized carbons (Fsp3) is 0.259. The van der Waals surface area contributed by atoms with E-state index >= 15 is 0 Å². The number of rotatable bonds is 8. The zero-order valence-electron chi connectivity index (χ0n) is 19.8. The zero-order valence-corrected chi connectivity index (χ0v) is 20.5. The van der Waals surface area contributed by atoms with Gasteiger partial charge in [0.05, 0.1) is 18.4 Å². The van der Waals surface area contributed by atoms with Crippen LogP contribution >= 0.6 is 11.6 Å². The fourth-order valence-electron chi connectivity index (χ4n) is 3.56. The summed E-state index contributed by atoms with van der Waals surface area (Å²) in [5.74, 6) is 1.45. The number of anilines is 1. The molecule has 2 aromatic carbocycles. The van der Waals surface area contributed by atoms with Crippen molar-refractivity contribution in [1.29, 1.82) is 0 Å². The number of amides is 1. The summed E-state index contributed by atoms with van der Waals surface area (Å²) >= 11 is 6.27. The molecule has 0 aliphatic rings. The van der Waals surface area contributed by atoms with Gasteiger partial charge in [-0.05, 0) is 60.7 Å². The molecule has 6 nitrogen and oxygen atoms in total. The van der Waals surface area contributed by atoms with Crippen LogP contribution in [0.25, 0.3) is 0 Å². The van der Waals surface area contributed by atoms with Crippen molar-refractivity contribution in [3.63, 3.8) is 0 Å². The fourth-order valence-corrected chi connectivity index (χ4v) is 3.73. The highest BCUT2D eigenvalue weighted by molar-refractivity contribution is 6.31. The Balaban J connectivity index is 1.36. The van der Waals surface area contributed by atoms with Crippen molar-refractivity contribution in [3.05, 3.63) is 99.7 Å². The van der Waals surface area contributed by atoms with Crippen LogP contribution in [0.1, 0.15) is 58.3 Å². The highest BCUT2D eigenvalue weighted by atomic mass is 35.5. The molecule has 0 aliphatic carbocycles. The monoisotopic (exact) mass is 477 g/mol. The van der Waals surface area contributed by atoms with Gasteiger partial charge in [0.25, 0.3) is 5.91 Å². The average molecular weight is 478 g/mol. The first kappa shape index (κ1) is 23.6. The van der Waals surface area contributed by atoms with Crippen LogP contribution in [0.15, 0.2) is 65.3 Å². The Morgan fingerprint density at radius 1 is 1.15 bits per heavy atom. The number of furan rings is 1. The van der Waals surface area contributed by atoms with E-state index < -0.39 is 0 Å². The molecule has 1 amide bonds. The van der Waals surface area contributed by atoms with E-state index in [0.717, 1.165) is 27.5 Å². The van der Waals surface area contributed by atoms with E-state index in [1.165, 1.54) is 5.56 Å². The zero-order chi connectivity index (χ0) is 24.2. The molecule has 2 aromatic heterocycles. The molecule has 0 aliphatic heterocycles. The minimum absolute atomic E-state index is 0.209. The highest BCUT2D eigenvalue weighted by Crippen LogP contribution is 2.32. The van der Waals surface area contributed by atoms with E-state index in [2.05, 4.69) is 55.5 Å². The SMILES string of the molecule is Cc1ccc(Cn2cc(NC(=O)c3ccc(COc4cc(C)c(Cl)cc4C(C)C)o3)cn2)cc1. The van der Waals surface area contributed by atoms with Crippen molar-refractivity contribution in [2.24, 2.45) is 0 Å². The topological polar surface area (TPSA) is 69.3 Å². The van der Waals surface area contributed by atoms with Gasteiger partial charge in [0.2, 0.25) is 0 Å². The molecular weight excluding hydrogens is 450 g/mol. The maximum absolute atomic E-state index is 12.6. The first-order chi connectivity index (χ1) is 16.3. The number of halogens is 1. The summed E-state index contributed by atoms with van der Waals surface area (Å²) in [5, 5.41) is 7.87. The van der Waals surface area contributed by atoms with E-state index in [9.17, 15) is 4.79 Å². The third kappa shape index (κ3) is 5.69. The smallest absolute Gasteiger partial charge is 0.291 e. The van der Waals surface area contributed by atoms with Crippen LogP contribution in [-0.2, 0) is 13.2 Å². The van der Waals surface area contributed by atoms with E-state index in [0.29, 0.717) is 18.0 Å². The molecule has 0 bridgehead atoms. The maximum Gasteiger partial charge on any atom is 0.291 e. The Morgan fingerprint density at radius 3 is 2.65 bits per heavy atom. The molecule has 176 valence electrons. The van der Waals surface area contributed by atoms with Gasteiger partial charge in [0.15, 0.2) is 5.76 Å². The summed E-state index contributed by atoms with van der Waals surface area (Å²) in [6, 6.07) is 15.5. The van der Waals surface area contributed by atoms with Gasteiger partial charge in [0.1, 0.15) is 18.1 Å². The van der Waals surface area contributed by atoms with E-state index in [1.807, 2.05) is 19.1 Å². The normalized spacial score (nSPS) is 11.1. The standard InChI is InChI=1S/C27H28ClN3O3/c1-17(2)23-12-24(28)19(4)11-26(23)33-16-22-9-10-25(34-22)27(32)30-21-13-29-31(15-21)14-20-7-5-18(3)6-8-20/h5-13,15,17H,14,16H2,1-4H3,(H,30,32). The van der Waals surface area contributed by atoms with Crippen LogP contribution in [0, 0.1) is 13.8 Å². The van der Waals surface area contributed by atoms with E-state index in [-0.39, 0.29) is 24.2 Å². The quantitative estimate of drug-likeness (QED) is 0.304. The van der Waals surface area contributed by atoms with Crippen molar-refractivity contribution in [2.45, 2.75) is 46.8 Å². The molecular formula is C27H28ClN3O3. The molecule has 0 spiro atoms. The Bertz CT molecular complexity index is 1290. The van der Waals surface area contributed by atoms with Crippen molar-refractivity contribution in [1.82, 2.24) is 9.78 Å². The summed E-state index contributed by atoms with van der Waals surface area (Å²) in [6.07, 6.45) is 3.41. The third-order valence-corrected chi connectivity index (χ3v) is 5.93. The maximum atomic E-state index is 12.6. The molecule has 0 atom stereocenters. The van der Waals surface area contributed by atoms with Gasteiger partial charge in [-0.15, -0.1) is 0 Å². The summed E-state index contributed by atoms with van der Waals surface area (Å²) in [4.78, 5) is 12.6. The van der Waals surface area contributed by atoms with Crippen molar-refractivity contribution in [2.75, 3.05) is 5.32 Å². The summed E-state index contributed by atoms with van der Waals surface area (Å²) in [5.41, 5.74) is 4.93. The number of carbonyl (C=O) groups excluding carboxylic acids is 1. The second kappa shape index (κ2) is 10.2. The molecule has 4 rings (SSSR count). The van der Waals surface area contributed by atoms with Crippen LogP contribution in [0.5, 0.6) is 5.75 Å². The van der Waals surface area contributed by atoms with Crippen molar-refractivity contribution in [3.8, 4) is 5.75 Å². The lowest BCUT2D eigenvalue weighted by Gasteiger charge is -2.15.